The smallest absolute Gasteiger partial charge is 0.107 e. The average molecular weight is 417 g/mol. The molecule has 0 heterocycles. The SMILES string of the molecule is C#CCOCCC[Si](CCCOCC#C)(CCCOCC#C)CCCOCC#C. The summed E-state index contributed by atoms with van der Waals surface area (Å²) in [6, 6.07) is 4.77. The van der Waals surface area contributed by atoms with Crippen LogP contribution < -0.4 is 0 Å². The lowest BCUT2D eigenvalue weighted by Gasteiger charge is -2.32. The van der Waals surface area contributed by atoms with Crippen LogP contribution in [0.25, 0.3) is 0 Å². The quantitative estimate of drug-likeness (QED) is 0.173. The van der Waals surface area contributed by atoms with E-state index in [9.17, 15) is 0 Å². The molecule has 0 saturated carbocycles. The minimum absolute atomic E-state index is 0.369. The van der Waals surface area contributed by atoms with Crippen LogP contribution in [0, 0.1) is 49.4 Å². The van der Waals surface area contributed by atoms with Crippen molar-refractivity contribution < 1.29 is 18.9 Å². The Kier molecular flexibility index (Phi) is 19.8. The van der Waals surface area contributed by atoms with Gasteiger partial charge in [-0.15, -0.1) is 25.7 Å². The van der Waals surface area contributed by atoms with Crippen LogP contribution >= 0.6 is 0 Å². The van der Waals surface area contributed by atoms with Crippen molar-refractivity contribution in [1.82, 2.24) is 0 Å². The van der Waals surface area contributed by atoms with E-state index in [2.05, 4.69) is 23.7 Å². The van der Waals surface area contributed by atoms with E-state index in [1.54, 1.807) is 0 Å². The first-order valence-electron chi connectivity index (χ1n) is 10.3. The molecule has 0 rings (SSSR count). The minimum Gasteiger partial charge on any atom is -0.369 e. The first kappa shape index (κ1) is 27.3. The molecule has 29 heavy (non-hydrogen) atoms. The monoisotopic (exact) mass is 416 g/mol. The summed E-state index contributed by atoms with van der Waals surface area (Å²) in [5.41, 5.74) is 0. The highest BCUT2D eigenvalue weighted by Crippen LogP contribution is 2.32. The first-order chi connectivity index (χ1) is 14.2. The standard InChI is InChI=1S/C24H36O4Si/c1-5-13-25-17-9-21-29(22-10-18-26-14-6-2,23-11-19-27-15-7-3)24-12-20-28-16-8-4/h1-4H,9-24H2. The van der Waals surface area contributed by atoms with Crippen LogP contribution in [-0.2, 0) is 18.9 Å². The number of hydrogen-bond donors (Lipinski definition) is 0. The summed E-state index contributed by atoms with van der Waals surface area (Å²) in [7, 11) is -1.56. The first-order valence-corrected chi connectivity index (χ1v) is 13.1. The molecule has 0 aliphatic rings. The molecular formula is C24H36O4Si. The van der Waals surface area contributed by atoms with Crippen LogP contribution in [0.3, 0.4) is 0 Å². The van der Waals surface area contributed by atoms with Crippen LogP contribution in [0.4, 0.5) is 0 Å². The molecule has 5 heteroatoms. The largest absolute Gasteiger partial charge is 0.369 e. The Morgan fingerprint density at radius 1 is 0.448 bits per heavy atom. The van der Waals surface area contributed by atoms with Gasteiger partial charge in [-0.2, -0.15) is 0 Å². The second kappa shape index (κ2) is 21.0. The molecule has 0 aromatic heterocycles. The summed E-state index contributed by atoms with van der Waals surface area (Å²) in [5.74, 6) is 10.1. The molecule has 0 bridgehead atoms. The lowest BCUT2D eigenvalue weighted by molar-refractivity contribution is 0.162. The third-order valence-corrected chi connectivity index (χ3v) is 10.4. The Bertz CT molecular complexity index is 446. The highest BCUT2D eigenvalue weighted by atomic mass is 28.3. The van der Waals surface area contributed by atoms with Gasteiger partial charge in [0.1, 0.15) is 26.4 Å². The maximum absolute atomic E-state index is 5.50. The van der Waals surface area contributed by atoms with E-state index in [0.717, 1.165) is 25.7 Å². The van der Waals surface area contributed by atoms with Crippen molar-refractivity contribution >= 4 is 8.07 Å². The van der Waals surface area contributed by atoms with E-state index in [-0.39, 0.29) is 0 Å². The summed E-state index contributed by atoms with van der Waals surface area (Å²) < 4.78 is 22.0. The molecule has 0 aromatic rings. The second-order valence-corrected chi connectivity index (χ2v) is 11.9. The number of hydrogen-bond acceptors (Lipinski definition) is 4. The molecule has 0 spiro atoms. The van der Waals surface area contributed by atoms with E-state index in [0.29, 0.717) is 52.9 Å². The van der Waals surface area contributed by atoms with Gasteiger partial charge in [-0.1, -0.05) is 47.9 Å². The minimum atomic E-state index is -1.56. The van der Waals surface area contributed by atoms with E-state index >= 15 is 0 Å². The van der Waals surface area contributed by atoms with E-state index in [1.165, 1.54) is 24.2 Å². The highest BCUT2D eigenvalue weighted by Gasteiger charge is 2.31. The zero-order valence-electron chi connectivity index (χ0n) is 17.8. The van der Waals surface area contributed by atoms with Crippen molar-refractivity contribution in [3.05, 3.63) is 0 Å². The molecule has 0 radical (unpaired) electrons. The van der Waals surface area contributed by atoms with Crippen LogP contribution in [-0.4, -0.2) is 60.9 Å². The molecule has 0 saturated heterocycles. The van der Waals surface area contributed by atoms with Gasteiger partial charge in [0.05, 0.1) is 8.07 Å². The summed E-state index contributed by atoms with van der Waals surface area (Å²) in [6.07, 6.45) is 25.1. The van der Waals surface area contributed by atoms with E-state index in [4.69, 9.17) is 44.6 Å². The Balaban J connectivity index is 4.78. The normalized spacial score (nSPS) is 10.6. The van der Waals surface area contributed by atoms with Crippen molar-refractivity contribution in [2.24, 2.45) is 0 Å². The van der Waals surface area contributed by atoms with Gasteiger partial charge in [-0.05, 0) is 25.7 Å². The molecule has 160 valence electrons. The topological polar surface area (TPSA) is 36.9 Å². The molecular weight excluding hydrogens is 380 g/mol. The zero-order chi connectivity index (χ0) is 21.5. The van der Waals surface area contributed by atoms with Crippen LogP contribution in [0.1, 0.15) is 25.7 Å². The molecule has 0 atom stereocenters. The molecule has 0 aliphatic heterocycles. The van der Waals surface area contributed by atoms with Gasteiger partial charge in [0, 0.05) is 26.4 Å². The predicted molar refractivity (Wildman–Crippen MR) is 122 cm³/mol. The van der Waals surface area contributed by atoms with Crippen molar-refractivity contribution in [2.75, 3.05) is 52.9 Å². The Labute approximate surface area is 179 Å². The van der Waals surface area contributed by atoms with E-state index in [1.807, 2.05) is 0 Å². The van der Waals surface area contributed by atoms with Crippen molar-refractivity contribution in [2.45, 2.75) is 49.9 Å². The number of ether oxygens (including phenoxy) is 4. The molecule has 0 fully saturated rings. The van der Waals surface area contributed by atoms with Gasteiger partial charge in [0.15, 0.2) is 0 Å². The lowest BCUT2D eigenvalue weighted by Crippen LogP contribution is -2.35. The van der Waals surface area contributed by atoms with Crippen LogP contribution in [0.15, 0.2) is 0 Å². The summed E-state index contributed by atoms with van der Waals surface area (Å²) in [4.78, 5) is 0. The third kappa shape index (κ3) is 16.9. The van der Waals surface area contributed by atoms with Crippen molar-refractivity contribution in [1.29, 1.82) is 0 Å². The van der Waals surface area contributed by atoms with Gasteiger partial charge in [-0.3, -0.25) is 0 Å². The molecule has 0 unspecified atom stereocenters. The van der Waals surface area contributed by atoms with Gasteiger partial charge >= 0.3 is 0 Å². The third-order valence-electron chi connectivity index (χ3n) is 4.72. The molecule has 4 nitrogen and oxygen atoms in total. The maximum atomic E-state index is 5.50. The summed E-state index contributed by atoms with van der Waals surface area (Å²) in [5, 5.41) is 0. The van der Waals surface area contributed by atoms with Gasteiger partial charge in [0.25, 0.3) is 0 Å². The van der Waals surface area contributed by atoms with Crippen LogP contribution in [0.2, 0.25) is 24.2 Å². The number of terminal acetylenes is 4. The lowest BCUT2D eigenvalue weighted by atomic mass is 10.5. The number of rotatable bonds is 20. The van der Waals surface area contributed by atoms with Gasteiger partial charge < -0.3 is 18.9 Å². The maximum Gasteiger partial charge on any atom is 0.107 e. The van der Waals surface area contributed by atoms with E-state index < -0.39 is 8.07 Å². The fraction of sp³-hybridized carbons (Fsp3) is 0.667. The van der Waals surface area contributed by atoms with Crippen molar-refractivity contribution in [3.8, 4) is 49.4 Å². The van der Waals surface area contributed by atoms with Gasteiger partial charge in [0.2, 0.25) is 0 Å². The second-order valence-electron chi connectivity index (χ2n) is 6.94. The molecule has 0 amide bonds. The predicted octanol–water partition coefficient (Wildman–Crippen LogP) is 3.59. The summed E-state index contributed by atoms with van der Waals surface area (Å²) in [6.45, 7) is 4.29. The van der Waals surface area contributed by atoms with Gasteiger partial charge in [-0.25, -0.2) is 0 Å². The molecule has 0 aliphatic carbocycles. The van der Waals surface area contributed by atoms with Crippen LogP contribution in [0.5, 0.6) is 0 Å². The Morgan fingerprint density at radius 3 is 0.897 bits per heavy atom. The molecule has 0 aromatic carbocycles. The Morgan fingerprint density at radius 2 is 0.690 bits per heavy atom. The highest BCUT2D eigenvalue weighted by molar-refractivity contribution is 6.79. The summed E-state index contributed by atoms with van der Waals surface area (Å²) >= 11 is 0. The van der Waals surface area contributed by atoms with Crippen molar-refractivity contribution in [3.63, 3.8) is 0 Å². The Hall–Kier alpha value is -1.70. The zero-order valence-corrected chi connectivity index (χ0v) is 18.8. The fourth-order valence-corrected chi connectivity index (χ4v) is 8.55. The average Bonchev–Trinajstić information content (AvgIpc) is 2.73. The molecule has 0 N–H and O–H groups in total. The fourth-order valence-electron chi connectivity index (χ4n) is 3.47.